The molecule has 304 valence electrons. The summed E-state index contributed by atoms with van der Waals surface area (Å²) < 4.78 is 50.2. The maximum absolute atomic E-state index is 13.3. The molecule has 4 rings (SSSR count). The number of nitrogens with zero attached hydrogens (tertiary/aromatic N) is 2. The quantitative estimate of drug-likeness (QED) is 0.125. The maximum atomic E-state index is 13.3. The van der Waals surface area contributed by atoms with E-state index in [0.717, 1.165) is 46.7 Å². The number of methoxy groups -OCH3 is 2. The van der Waals surface area contributed by atoms with Gasteiger partial charge in [-0.25, -0.2) is 0 Å². The fraction of sp³-hybridized carbons (Fsp3) is 0.391. The number of rotatable bonds is 15. The highest BCUT2D eigenvalue weighted by Crippen LogP contribution is 2.41. The maximum Gasteiger partial charge on any atom is 0.416 e. The lowest BCUT2D eigenvalue weighted by molar-refractivity contribution is -0.137. The molecule has 0 aliphatic rings. The van der Waals surface area contributed by atoms with Crippen LogP contribution in [0.1, 0.15) is 55.5 Å². The first-order chi connectivity index (χ1) is 26.2. The summed E-state index contributed by atoms with van der Waals surface area (Å²) in [6.07, 6.45) is -0.0830. The van der Waals surface area contributed by atoms with Crippen LogP contribution in [0.5, 0.6) is 11.5 Å². The van der Waals surface area contributed by atoms with Crippen LogP contribution in [0, 0.1) is 11.8 Å². The average molecular weight is 795 g/mol. The Hall–Kier alpha value is -4.12. The molecule has 0 radical (unpaired) electrons. The number of hydrogen-bond donors (Lipinski definition) is 2. The van der Waals surface area contributed by atoms with Crippen molar-refractivity contribution in [1.29, 1.82) is 0 Å². The fourth-order valence-corrected chi connectivity index (χ4v) is 7.09. The number of hydrogen-bond acceptors (Lipinski definition) is 6. The van der Waals surface area contributed by atoms with E-state index in [1.165, 1.54) is 6.07 Å². The van der Waals surface area contributed by atoms with Gasteiger partial charge in [0.15, 0.2) is 0 Å². The third kappa shape index (κ3) is 12.7. The zero-order valence-corrected chi connectivity index (χ0v) is 35.0. The van der Waals surface area contributed by atoms with Gasteiger partial charge >= 0.3 is 6.18 Å². The topological polar surface area (TPSA) is 65.4 Å². The standard InChI is InChI=1S/C23H30ClNO2.C23H28F3NO2/c1-17(14-19-8-12-22(27-5)13-9-19)23(26,18(2)16-25(3)4)15-20-6-10-21(24)11-7-20;1-16(13-18-9-11-21(29-5)12-10-18)22(28,17(2)15-27(3)4)19-7-6-8-20(14-19)23(24,25)26/h6-14,18,26H,15-16H2,1-5H3;6-14,17,28H,15H2,1-5H3. The summed E-state index contributed by atoms with van der Waals surface area (Å²) in [4.78, 5) is 4.02. The van der Waals surface area contributed by atoms with Gasteiger partial charge in [0.2, 0.25) is 0 Å². The molecule has 0 aliphatic heterocycles. The van der Waals surface area contributed by atoms with Gasteiger partial charge < -0.3 is 29.5 Å². The monoisotopic (exact) mass is 794 g/mol. The van der Waals surface area contributed by atoms with Gasteiger partial charge in [-0.3, -0.25) is 0 Å². The van der Waals surface area contributed by atoms with Gasteiger partial charge in [-0.1, -0.05) is 86.1 Å². The molecule has 0 bridgehead atoms. The first-order valence-corrected chi connectivity index (χ1v) is 18.9. The van der Waals surface area contributed by atoms with Gasteiger partial charge in [0, 0.05) is 36.4 Å². The fourth-order valence-electron chi connectivity index (χ4n) is 6.96. The summed E-state index contributed by atoms with van der Waals surface area (Å²) in [5.74, 6) is 1.23. The molecule has 2 N–H and O–H groups in total. The van der Waals surface area contributed by atoms with Crippen LogP contribution in [0.4, 0.5) is 13.2 Å². The van der Waals surface area contributed by atoms with E-state index in [1.54, 1.807) is 45.4 Å². The summed E-state index contributed by atoms with van der Waals surface area (Å²) in [7, 11) is 11.0. The lowest BCUT2D eigenvalue weighted by atomic mass is 9.76. The Labute approximate surface area is 336 Å². The van der Waals surface area contributed by atoms with Crippen molar-refractivity contribution in [1.82, 2.24) is 9.80 Å². The highest BCUT2D eigenvalue weighted by Gasteiger charge is 2.40. The van der Waals surface area contributed by atoms with E-state index in [1.807, 2.05) is 108 Å². The summed E-state index contributed by atoms with van der Waals surface area (Å²) in [5.41, 5.74) is 1.37. The molecule has 0 saturated heterocycles. The number of aliphatic hydroxyl groups is 2. The molecule has 4 aromatic carbocycles. The van der Waals surface area contributed by atoms with Crippen LogP contribution in [-0.2, 0) is 18.2 Å². The molecule has 0 aliphatic carbocycles. The van der Waals surface area contributed by atoms with Crippen molar-refractivity contribution in [2.75, 3.05) is 55.5 Å². The Morgan fingerprint density at radius 3 is 1.57 bits per heavy atom. The molecule has 0 saturated carbocycles. The lowest BCUT2D eigenvalue weighted by Gasteiger charge is -2.37. The van der Waals surface area contributed by atoms with Crippen molar-refractivity contribution in [2.24, 2.45) is 11.8 Å². The zero-order valence-electron chi connectivity index (χ0n) is 34.3. The normalized spacial score (nSPS) is 15.7. The minimum absolute atomic E-state index is 0.0534. The molecule has 4 unspecified atom stereocenters. The number of halogens is 4. The van der Waals surface area contributed by atoms with Crippen LogP contribution < -0.4 is 9.47 Å². The Morgan fingerprint density at radius 2 is 1.12 bits per heavy atom. The van der Waals surface area contributed by atoms with Gasteiger partial charge in [0.05, 0.1) is 25.4 Å². The second kappa shape index (κ2) is 20.3. The van der Waals surface area contributed by atoms with Crippen LogP contribution in [0.3, 0.4) is 0 Å². The van der Waals surface area contributed by atoms with Crippen molar-refractivity contribution in [2.45, 2.75) is 51.5 Å². The minimum Gasteiger partial charge on any atom is -0.497 e. The summed E-state index contributed by atoms with van der Waals surface area (Å²) >= 11 is 6.02. The van der Waals surface area contributed by atoms with Crippen LogP contribution in [0.2, 0.25) is 5.02 Å². The van der Waals surface area contributed by atoms with Crippen molar-refractivity contribution in [3.05, 3.63) is 141 Å². The predicted octanol–water partition coefficient (Wildman–Crippen LogP) is 10.1. The highest BCUT2D eigenvalue weighted by atomic mass is 35.5. The van der Waals surface area contributed by atoms with Crippen molar-refractivity contribution in [3.63, 3.8) is 0 Å². The van der Waals surface area contributed by atoms with Gasteiger partial charge in [-0.2, -0.15) is 13.2 Å². The van der Waals surface area contributed by atoms with E-state index >= 15 is 0 Å². The molecule has 0 fully saturated rings. The van der Waals surface area contributed by atoms with E-state index in [0.29, 0.717) is 29.3 Å². The van der Waals surface area contributed by atoms with Gasteiger partial charge in [0.25, 0.3) is 0 Å². The Morgan fingerprint density at radius 1 is 0.679 bits per heavy atom. The molecule has 0 spiro atoms. The van der Waals surface area contributed by atoms with Crippen molar-refractivity contribution < 1.29 is 32.9 Å². The number of alkyl halides is 3. The molecule has 0 aromatic heterocycles. The van der Waals surface area contributed by atoms with Crippen LogP contribution in [0.25, 0.3) is 12.2 Å². The Bertz CT molecular complexity index is 1880. The molecule has 6 nitrogen and oxygen atoms in total. The molecule has 4 atom stereocenters. The van der Waals surface area contributed by atoms with E-state index in [-0.39, 0.29) is 17.4 Å². The van der Waals surface area contributed by atoms with E-state index in [4.69, 9.17) is 21.1 Å². The largest absolute Gasteiger partial charge is 0.497 e. The van der Waals surface area contributed by atoms with Gasteiger partial charge in [-0.15, -0.1) is 0 Å². The molecular formula is C46H58ClF3N2O4. The lowest BCUT2D eigenvalue weighted by Crippen LogP contribution is -2.44. The number of ether oxygens (including phenoxy) is 2. The smallest absolute Gasteiger partial charge is 0.416 e. The SMILES string of the molecule is COc1ccc(C=C(C)C(O)(Cc2ccc(Cl)cc2)C(C)CN(C)C)cc1.COc1ccc(C=C(C)C(O)(c2cccc(C(F)(F)F)c2)C(C)CN(C)C)cc1. The average Bonchev–Trinajstić information content (AvgIpc) is 3.15. The first-order valence-electron chi connectivity index (χ1n) is 18.5. The van der Waals surface area contributed by atoms with Crippen LogP contribution >= 0.6 is 11.6 Å². The summed E-state index contributed by atoms with van der Waals surface area (Å²) in [6.45, 7) is 8.98. The molecule has 4 aromatic rings. The van der Waals surface area contributed by atoms with Crippen LogP contribution in [0.15, 0.2) is 108 Å². The molecule has 56 heavy (non-hydrogen) atoms. The predicted molar refractivity (Wildman–Crippen MR) is 224 cm³/mol. The number of benzene rings is 4. The third-order valence-corrected chi connectivity index (χ3v) is 10.4. The van der Waals surface area contributed by atoms with Gasteiger partial charge in [0.1, 0.15) is 17.1 Å². The Balaban J connectivity index is 0.000000301. The minimum atomic E-state index is -4.48. The van der Waals surface area contributed by atoms with E-state index in [2.05, 4.69) is 17.9 Å². The highest BCUT2D eigenvalue weighted by molar-refractivity contribution is 6.30. The van der Waals surface area contributed by atoms with E-state index < -0.39 is 22.9 Å². The van der Waals surface area contributed by atoms with E-state index in [9.17, 15) is 23.4 Å². The van der Waals surface area contributed by atoms with Crippen LogP contribution in [-0.4, -0.2) is 81.1 Å². The molecular weight excluding hydrogens is 737 g/mol. The second-order valence-electron chi connectivity index (χ2n) is 15.1. The second-order valence-corrected chi connectivity index (χ2v) is 15.5. The van der Waals surface area contributed by atoms with Crippen molar-refractivity contribution >= 4 is 23.8 Å². The summed E-state index contributed by atoms with van der Waals surface area (Å²) in [6, 6.07) is 27.8. The molecule has 0 amide bonds. The zero-order chi connectivity index (χ0) is 41.8. The Kier molecular flexibility index (Phi) is 16.8. The molecule has 10 heteroatoms. The first kappa shape index (κ1) is 46.3. The third-order valence-electron chi connectivity index (χ3n) is 10.1. The molecule has 0 heterocycles. The summed E-state index contributed by atoms with van der Waals surface area (Å²) in [5, 5.41) is 24.2. The van der Waals surface area contributed by atoms with Gasteiger partial charge in [-0.05, 0) is 124 Å². The van der Waals surface area contributed by atoms with Crippen molar-refractivity contribution in [3.8, 4) is 11.5 Å².